The first-order valence-electron chi connectivity index (χ1n) is 6.21. The SMILES string of the molecule is Cn1nc(CNCC(C)(C)CCl)c2ccccc21. The summed E-state index contributed by atoms with van der Waals surface area (Å²) in [6.45, 7) is 5.98. The second-order valence-electron chi connectivity index (χ2n) is 5.49. The third-order valence-electron chi connectivity index (χ3n) is 3.09. The summed E-state index contributed by atoms with van der Waals surface area (Å²) < 4.78 is 1.93. The fraction of sp³-hybridized carbons (Fsp3) is 0.500. The predicted molar refractivity (Wildman–Crippen MR) is 76.9 cm³/mol. The molecule has 0 aliphatic carbocycles. The Balaban J connectivity index is 2.09. The molecule has 0 amide bonds. The third kappa shape index (κ3) is 2.85. The van der Waals surface area contributed by atoms with Crippen LogP contribution in [0.25, 0.3) is 10.9 Å². The van der Waals surface area contributed by atoms with Gasteiger partial charge in [-0.15, -0.1) is 11.6 Å². The summed E-state index contributed by atoms with van der Waals surface area (Å²) in [7, 11) is 1.98. The minimum absolute atomic E-state index is 0.117. The van der Waals surface area contributed by atoms with Crippen LogP contribution in [0, 0.1) is 5.41 Å². The average Bonchev–Trinajstić information content (AvgIpc) is 2.67. The van der Waals surface area contributed by atoms with E-state index in [2.05, 4.69) is 42.5 Å². The van der Waals surface area contributed by atoms with Gasteiger partial charge in [-0.1, -0.05) is 32.0 Å². The molecular weight excluding hydrogens is 246 g/mol. The molecule has 0 spiro atoms. The Kier molecular flexibility index (Phi) is 3.93. The smallest absolute Gasteiger partial charge is 0.0841 e. The second-order valence-corrected chi connectivity index (χ2v) is 5.76. The molecule has 0 radical (unpaired) electrons. The lowest BCUT2D eigenvalue weighted by atomic mass is 9.96. The van der Waals surface area contributed by atoms with Gasteiger partial charge in [0.2, 0.25) is 0 Å². The number of alkyl halides is 1. The molecule has 0 fully saturated rings. The van der Waals surface area contributed by atoms with Crippen LogP contribution in [0.5, 0.6) is 0 Å². The Morgan fingerprint density at radius 1 is 1.33 bits per heavy atom. The number of rotatable bonds is 5. The van der Waals surface area contributed by atoms with E-state index in [0.29, 0.717) is 5.88 Å². The van der Waals surface area contributed by atoms with Crippen molar-refractivity contribution in [2.45, 2.75) is 20.4 Å². The Morgan fingerprint density at radius 3 is 2.78 bits per heavy atom. The summed E-state index contributed by atoms with van der Waals surface area (Å²) in [4.78, 5) is 0. The molecule has 0 saturated heterocycles. The van der Waals surface area contributed by atoms with E-state index < -0.39 is 0 Å². The molecule has 1 heterocycles. The Labute approximate surface area is 113 Å². The molecule has 2 rings (SSSR count). The van der Waals surface area contributed by atoms with Gasteiger partial charge < -0.3 is 5.32 Å². The number of nitrogens with one attached hydrogen (secondary N) is 1. The van der Waals surface area contributed by atoms with Gasteiger partial charge in [0.15, 0.2) is 0 Å². The minimum atomic E-state index is 0.117. The molecule has 1 aromatic carbocycles. The maximum absolute atomic E-state index is 5.91. The van der Waals surface area contributed by atoms with Gasteiger partial charge in [0.1, 0.15) is 0 Å². The van der Waals surface area contributed by atoms with Gasteiger partial charge in [0, 0.05) is 31.4 Å². The molecular formula is C14H20ClN3. The van der Waals surface area contributed by atoms with Crippen molar-refractivity contribution in [2.75, 3.05) is 12.4 Å². The molecule has 0 saturated carbocycles. The normalized spacial score (nSPS) is 12.2. The molecule has 1 N–H and O–H groups in total. The van der Waals surface area contributed by atoms with Gasteiger partial charge in [-0.2, -0.15) is 5.10 Å². The monoisotopic (exact) mass is 265 g/mol. The molecule has 0 unspecified atom stereocenters. The fourth-order valence-corrected chi connectivity index (χ4v) is 2.08. The minimum Gasteiger partial charge on any atom is -0.311 e. The van der Waals surface area contributed by atoms with Gasteiger partial charge in [0.25, 0.3) is 0 Å². The Hall–Kier alpha value is -1.06. The van der Waals surface area contributed by atoms with E-state index in [1.807, 2.05) is 17.8 Å². The maximum Gasteiger partial charge on any atom is 0.0841 e. The molecule has 18 heavy (non-hydrogen) atoms. The highest BCUT2D eigenvalue weighted by Gasteiger charge is 2.16. The van der Waals surface area contributed by atoms with E-state index in [9.17, 15) is 0 Å². The van der Waals surface area contributed by atoms with Gasteiger partial charge in [-0.3, -0.25) is 4.68 Å². The van der Waals surface area contributed by atoms with E-state index in [-0.39, 0.29) is 5.41 Å². The lowest BCUT2D eigenvalue weighted by molar-refractivity contribution is 0.384. The zero-order valence-electron chi connectivity index (χ0n) is 11.2. The van der Waals surface area contributed by atoms with E-state index in [1.54, 1.807) is 0 Å². The third-order valence-corrected chi connectivity index (χ3v) is 3.82. The second kappa shape index (κ2) is 5.29. The van der Waals surface area contributed by atoms with E-state index in [4.69, 9.17) is 11.6 Å². The highest BCUT2D eigenvalue weighted by molar-refractivity contribution is 6.18. The number of hydrogen-bond acceptors (Lipinski definition) is 2. The van der Waals surface area contributed by atoms with Crippen LogP contribution in [-0.2, 0) is 13.6 Å². The van der Waals surface area contributed by atoms with Gasteiger partial charge in [0.05, 0.1) is 11.2 Å². The predicted octanol–water partition coefficient (Wildman–Crippen LogP) is 2.93. The van der Waals surface area contributed by atoms with Crippen molar-refractivity contribution < 1.29 is 0 Å². The summed E-state index contributed by atoms with van der Waals surface area (Å²) in [6, 6.07) is 8.30. The van der Waals surface area contributed by atoms with Gasteiger partial charge in [-0.25, -0.2) is 0 Å². The standard InChI is InChI=1S/C14H20ClN3/c1-14(2,9-15)10-16-8-12-11-6-4-5-7-13(11)18(3)17-12/h4-7,16H,8-10H2,1-3H3. The number of aromatic nitrogens is 2. The number of nitrogens with zero attached hydrogens (tertiary/aromatic N) is 2. The number of halogens is 1. The number of benzene rings is 1. The summed E-state index contributed by atoms with van der Waals surface area (Å²) in [5, 5.41) is 9.21. The van der Waals surface area contributed by atoms with Crippen molar-refractivity contribution in [2.24, 2.45) is 12.5 Å². The van der Waals surface area contributed by atoms with Crippen LogP contribution in [0.3, 0.4) is 0 Å². The van der Waals surface area contributed by atoms with E-state index >= 15 is 0 Å². The number of para-hydroxylation sites is 1. The maximum atomic E-state index is 5.91. The van der Waals surface area contributed by atoms with Crippen LogP contribution in [-0.4, -0.2) is 22.2 Å². The molecule has 4 heteroatoms. The zero-order valence-corrected chi connectivity index (χ0v) is 12.0. The van der Waals surface area contributed by atoms with Crippen LogP contribution in [0.2, 0.25) is 0 Å². The average molecular weight is 266 g/mol. The van der Waals surface area contributed by atoms with Gasteiger partial charge >= 0.3 is 0 Å². The lowest BCUT2D eigenvalue weighted by Crippen LogP contribution is -2.30. The van der Waals surface area contributed by atoms with Crippen molar-refractivity contribution in [1.82, 2.24) is 15.1 Å². The molecule has 3 nitrogen and oxygen atoms in total. The molecule has 0 aliphatic rings. The first-order chi connectivity index (χ1) is 8.53. The van der Waals surface area contributed by atoms with Gasteiger partial charge in [-0.05, 0) is 11.5 Å². The molecule has 0 atom stereocenters. The van der Waals surface area contributed by atoms with Crippen LogP contribution >= 0.6 is 11.6 Å². The summed E-state index contributed by atoms with van der Waals surface area (Å²) in [6.07, 6.45) is 0. The molecule has 0 aliphatic heterocycles. The summed E-state index contributed by atoms with van der Waals surface area (Å²) in [5.74, 6) is 0.656. The van der Waals surface area contributed by atoms with Crippen molar-refractivity contribution in [3.05, 3.63) is 30.0 Å². The fourth-order valence-electron chi connectivity index (χ4n) is 1.99. The number of hydrogen-bond donors (Lipinski definition) is 1. The molecule has 0 bridgehead atoms. The van der Waals surface area contributed by atoms with Crippen LogP contribution < -0.4 is 5.32 Å². The first-order valence-corrected chi connectivity index (χ1v) is 6.74. The van der Waals surface area contributed by atoms with Crippen LogP contribution in [0.1, 0.15) is 19.5 Å². The van der Waals surface area contributed by atoms with Crippen molar-refractivity contribution in [3.63, 3.8) is 0 Å². The quantitative estimate of drug-likeness (QED) is 0.843. The van der Waals surface area contributed by atoms with Crippen LogP contribution in [0.4, 0.5) is 0 Å². The highest BCUT2D eigenvalue weighted by atomic mass is 35.5. The zero-order chi connectivity index (χ0) is 13.2. The first kappa shape index (κ1) is 13.4. The Bertz CT molecular complexity index is 531. The topological polar surface area (TPSA) is 29.9 Å². The largest absolute Gasteiger partial charge is 0.311 e. The summed E-state index contributed by atoms with van der Waals surface area (Å²) in [5.41, 5.74) is 2.39. The van der Waals surface area contributed by atoms with Crippen molar-refractivity contribution >= 4 is 22.5 Å². The molecule has 98 valence electrons. The highest BCUT2D eigenvalue weighted by Crippen LogP contribution is 2.18. The van der Waals surface area contributed by atoms with Crippen LogP contribution in [0.15, 0.2) is 24.3 Å². The number of aryl methyl sites for hydroxylation is 1. The molecule has 2 aromatic rings. The number of fused-ring (bicyclic) bond motifs is 1. The lowest BCUT2D eigenvalue weighted by Gasteiger charge is -2.21. The van der Waals surface area contributed by atoms with Crippen molar-refractivity contribution in [1.29, 1.82) is 0 Å². The van der Waals surface area contributed by atoms with E-state index in [1.165, 1.54) is 10.9 Å². The summed E-state index contributed by atoms with van der Waals surface area (Å²) >= 11 is 5.91. The van der Waals surface area contributed by atoms with Crippen molar-refractivity contribution in [3.8, 4) is 0 Å². The Morgan fingerprint density at radius 2 is 2.06 bits per heavy atom. The van der Waals surface area contributed by atoms with E-state index in [0.717, 1.165) is 18.8 Å². The molecule has 1 aromatic heterocycles.